The van der Waals surface area contributed by atoms with Crippen LogP contribution < -0.4 is 5.32 Å². The third-order valence-electron chi connectivity index (χ3n) is 4.48. The normalized spacial score (nSPS) is 12.6. The van der Waals surface area contributed by atoms with Crippen LogP contribution in [0, 0.1) is 6.92 Å². The summed E-state index contributed by atoms with van der Waals surface area (Å²) in [6.07, 6.45) is 1.80. The first-order chi connectivity index (χ1) is 12.4. The fraction of sp³-hybridized carbons (Fsp3) is 0.261. The van der Waals surface area contributed by atoms with Crippen molar-refractivity contribution in [3.8, 4) is 5.75 Å². The van der Waals surface area contributed by atoms with E-state index in [2.05, 4.69) is 56.2 Å². The van der Waals surface area contributed by atoms with Crippen molar-refractivity contribution in [2.75, 3.05) is 5.32 Å². The van der Waals surface area contributed by atoms with Crippen LogP contribution in [0.25, 0.3) is 0 Å². The Hall–Kier alpha value is -2.81. The van der Waals surface area contributed by atoms with Gasteiger partial charge in [0.05, 0.1) is 17.4 Å². The first kappa shape index (κ1) is 18.0. The summed E-state index contributed by atoms with van der Waals surface area (Å²) in [5.41, 5.74) is 4.66. The van der Waals surface area contributed by atoms with Crippen molar-refractivity contribution < 1.29 is 5.11 Å². The number of rotatable bonds is 4. The maximum Gasteiger partial charge on any atom is 0.142 e. The Bertz CT molecular complexity index is 828. The van der Waals surface area contributed by atoms with E-state index in [9.17, 15) is 5.11 Å². The van der Waals surface area contributed by atoms with E-state index in [0.717, 1.165) is 28.1 Å². The van der Waals surface area contributed by atoms with E-state index in [1.807, 2.05) is 42.5 Å². The van der Waals surface area contributed by atoms with Gasteiger partial charge in [0, 0.05) is 11.8 Å². The molecule has 2 aromatic carbocycles. The van der Waals surface area contributed by atoms with Crippen LogP contribution in [-0.2, 0) is 5.41 Å². The summed E-state index contributed by atoms with van der Waals surface area (Å²) in [7, 11) is 0. The number of benzene rings is 2. The summed E-state index contributed by atoms with van der Waals surface area (Å²) in [6, 6.07) is 20.0. The second-order valence-corrected chi connectivity index (χ2v) is 7.70. The van der Waals surface area contributed by atoms with Crippen molar-refractivity contribution in [3.05, 3.63) is 89.2 Å². The van der Waals surface area contributed by atoms with Crippen LogP contribution in [0.3, 0.4) is 0 Å². The molecule has 0 fully saturated rings. The van der Waals surface area contributed by atoms with Gasteiger partial charge in [-0.3, -0.25) is 4.98 Å². The number of phenolic OH excluding ortho intramolecular Hbond substituents is 1. The molecular weight excluding hydrogens is 320 g/mol. The van der Waals surface area contributed by atoms with Crippen molar-refractivity contribution >= 4 is 5.69 Å². The summed E-state index contributed by atoms with van der Waals surface area (Å²) in [5.74, 6) is 0.306. The zero-order chi connectivity index (χ0) is 18.7. The van der Waals surface area contributed by atoms with Crippen LogP contribution in [0.1, 0.15) is 49.2 Å². The summed E-state index contributed by atoms with van der Waals surface area (Å²) in [6.45, 7) is 8.38. The highest BCUT2D eigenvalue weighted by Crippen LogP contribution is 2.39. The van der Waals surface area contributed by atoms with E-state index in [0.29, 0.717) is 5.75 Å². The molecule has 0 amide bonds. The lowest BCUT2D eigenvalue weighted by Crippen LogP contribution is -2.16. The molecule has 3 heteroatoms. The molecule has 0 aliphatic rings. The zero-order valence-electron chi connectivity index (χ0n) is 15.8. The summed E-state index contributed by atoms with van der Waals surface area (Å²) < 4.78 is 0. The average molecular weight is 346 g/mol. The maximum atomic E-state index is 10.9. The van der Waals surface area contributed by atoms with Gasteiger partial charge in [-0.15, -0.1) is 0 Å². The van der Waals surface area contributed by atoms with Gasteiger partial charge in [0.25, 0.3) is 0 Å². The number of hydrogen-bond donors (Lipinski definition) is 2. The average Bonchev–Trinajstić information content (AvgIpc) is 2.62. The quantitative estimate of drug-likeness (QED) is 0.605. The van der Waals surface area contributed by atoms with Crippen LogP contribution in [-0.4, -0.2) is 10.1 Å². The van der Waals surface area contributed by atoms with Gasteiger partial charge in [-0.05, 0) is 41.7 Å². The predicted octanol–water partition coefficient (Wildman–Crippen LogP) is 5.59. The molecule has 1 unspecified atom stereocenters. The molecule has 0 bridgehead atoms. The molecule has 0 spiro atoms. The number of nitrogens with zero attached hydrogens (tertiary/aromatic N) is 1. The molecular formula is C23H26N2O. The minimum atomic E-state index is -0.141. The number of anilines is 1. The third kappa shape index (κ3) is 3.88. The number of nitrogens with one attached hydrogen (secondary N) is 1. The lowest BCUT2D eigenvalue weighted by Gasteiger charge is -2.26. The Morgan fingerprint density at radius 2 is 1.65 bits per heavy atom. The van der Waals surface area contributed by atoms with Crippen LogP contribution in [0.5, 0.6) is 5.75 Å². The van der Waals surface area contributed by atoms with Crippen LogP contribution >= 0.6 is 0 Å². The molecule has 134 valence electrons. The third-order valence-corrected chi connectivity index (χ3v) is 4.48. The Balaban J connectivity index is 2.07. The molecule has 3 rings (SSSR count). The van der Waals surface area contributed by atoms with Crippen molar-refractivity contribution in [2.24, 2.45) is 0 Å². The predicted molar refractivity (Wildman–Crippen MR) is 108 cm³/mol. The van der Waals surface area contributed by atoms with Gasteiger partial charge in [0.2, 0.25) is 0 Å². The van der Waals surface area contributed by atoms with Crippen molar-refractivity contribution in [1.82, 2.24) is 4.98 Å². The Labute approximate surface area is 155 Å². The van der Waals surface area contributed by atoms with E-state index in [1.54, 1.807) is 6.20 Å². The Morgan fingerprint density at radius 1 is 0.962 bits per heavy atom. The fourth-order valence-electron chi connectivity index (χ4n) is 3.14. The number of aromatic hydroxyl groups is 1. The SMILES string of the molecule is Cc1cc(NC(c2ccccc2)c2ccccn2)c(O)c(C(C)(C)C)c1. The number of aryl methyl sites for hydroxylation is 1. The van der Waals surface area contributed by atoms with Gasteiger partial charge in [-0.1, -0.05) is 63.2 Å². The molecule has 0 saturated carbocycles. The standard InChI is InChI=1S/C23H26N2O/c1-16-14-18(23(2,3)4)22(26)20(15-16)25-21(17-10-6-5-7-11-17)19-12-8-9-13-24-19/h5-15,21,25-26H,1-4H3. The molecule has 0 saturated heterocycles. The molecule has 1 atom stereocenters. The van der Waals surface area contributed by atoms with Gasteiger partial charge < -0.3 is 10.4 Å². The monoisotopic (exact) mass is 346 g/mol. The molecule has 3 nitrogen and oxygen atoms in total. The highest BCUT2D eigenvalue weighted by Gasteiger charge is 2.23. The van der Waals surface area contributed by atoms with Gasteiger partial charge in [-0.2, -0.15) is 0 Å². The van der Waals surface area contributed by atoms with Crippen LogP contribution in [0.2, 0.25) is 0 Å². The molecule has 1 heterocycles. The van der Waals surface area contributed by atoms with Crippen molar-refractivity contribution in [3.63, 3.8) is 0 Å². The fourth-order valence-corrected chi connectivity index (χ4v) is 3.14. The molecule has 0 aliphatic carbocycles. The number of aromatic nitrogens is 1. The lowest BCUT2D eigenvalue weighted by atomic mass is 9.85. The Kier molecular flexibility index (Phi) is 4.99. The summed E-state index contributed by atoms with van der Waals surface area (Å²) in [4.78, 5) is 4.53. The summed E-state index contributed by atoms with van der Waals surface area (Å²) >= 11 is 0. The molecule has 2 N–H and O–H groups in total. The number of hydrogen-bond acceptors (Lipinski definition) is 3. The van der Waals surface area contributed by atoms with Crippen LogP contribution in [0.15, 0.2) is 66.9 Å². The van der Waals surface area contributed by atoms with Crippen LogP contribution in [0.4, 0.5) is 5.69 Å². The molecule has 3 aromatic rings. The van der Waals surface area contributed by atoms with E-state index >= 15 is 0 Å². The van der Waals surface area contributed by atoms with E-state index in [4.69, 9.17) is 0 Å². The van der Waals surface area contributed by atoms with Crippen molar-refractivity contribution in [1.29, 1.82) is 0 Å². The molecule has 0 radical (unpaired) electrons. The highest BCUT2D eigenvalue weighted by atomic mass is 16.3. The van der Waals surface area contributed by atoms with Gasteiger partial charge in [0.15, 0.2) is 0 Å². The minimum absolute atomic E-state index is 0.139. The van der Waals surface area contributed by atoms with Gasteiger partial charge in [0.1, 0.15) is 5.75 Å². The van der Waals surface area contributed by atoms with E-state index in [-0.39, 0.29) is 11.5 Å². The summed E-state index contributed by atoms with van der Waals surface area (Å²) in [5, 5.41) is 14.4. The number of phenols is 1. The largest absolute Gasteiger partial charge is 0.505 e. The second-order valence-electron chi connectivity index (χ2n) is 7.70. The Morgan fingerprint density at radius 3 is 2.27 bits per heavy atom. The molecule has 26 heavy (non-hydrogen) atoms. The van der Waals surface area contributed by atoms with Gasteiger partial charge in [-0.25, -0.2) is 0 Å². The van der Waals surface area contributed by atoms with Gasteiger partial charge >= 0.3 is 0 Å². The lowest BCUT2D eigenvalue weighted by molar-refractivity contribution is 0.448. The van der Waals surface area contributed by atoms with Crippen molar-refractivity contribution in [2.45, 2.75) is 39.2 Å². The zero-order valence-corrected chi connectivity index (χ0v) is 15.8. The highest BCUT2D eigenvalue weighted by molar-refractivity contribution is 5.64. The topological polar surface area (TPSA) is 45.2 Å². The number of pyridine rings is 1. The first-order valence-corrected chi connectivity index (χ1v) is 8.93. The molecule has 0 aliphatic heterocycles. The van der Waals surface area contributed by atoms with E-state index in [1.165, 1.54) is 0 Å². The smallest absolute Gasteiger partial charge is 0.142 e. The molecule has 1 aromatic heterocycles. The van der Waals surface area contributed by atoms with E-state index < -0.39 is 0 Å². The maximum absolute atomic E-state index is 10.9. The first-order valence-electron chi connectivity index (χ1n) is 8.93. The second kappa shape index (κ2) is 7.20. The minimum Gasteiger partial charge on any atom is -0.505 e.